The zero-order chi connectivity index (χ0) is 109. The third-order valence-corrected chi connectivity index (χ3v) is 29.9. The Morgan fingerprint density at radius 2 is 0.565 bits per heavy atom. The minimum absolute atomic E-state index is 0.102. The smallest absolute Gasteiger partial charge is 0.372 e. The normalized spacial score (nSPS) is 12.8. The molecule has 0 radical (unpaired) electrons. The van der Waals surface area contributed by atoms with E-state index >= 15 is 0 Å². The summed E-state index contributed by atoms with van der Waals surface area (Å²) in [7, 11) is 12.9. The second-order valence-electron chi connectivity index (χ2n) is 42.5. The molecular weight excluding hydrogens is 1790 g/mol. The van der Waals surface area contributed by atoms with Crippen LogP contribution >= 0.6 is 0 Å². The van der Waals surface area contributed by atoms with Crippen LogP contribution in [0.25, 0.3) is 135 Å². The van der Waals surface area contributed by atoms with Crippen molar-refractivity contribution in [1.29, 1.82) is 0 Å². The fourth-order valence-corrected chi connectivity index (χ4v) is 22.2. The van der Waals surface area contributed by atoms with Crippen LogP contribution in [0.2, 0.25) is 0 Å². The Bertz CT molecular complexity index is 8360. The maximum Gasteiger partial charge on any atom is 0.537 e. The van der Waals surface area contributed by atoms with Crippen LogP contribution in [-0.2, 0) is 35.2 Å². The summed E-state index contributed by atoms with van der Waals surface area (Å²) >= 11 is 0. The fourth-order valence-electron chi connectivity index (χ4n) is 22.2. The molecule has 746 valence electrons. The van der Waals surface area contributed by atoms with Gasteiger partial charge in [0.1, 0.15) is 35.1 Å². The first-order chi connectivity index (χ1) is 72.1. The molecule has 0 unspecified atom stereocenters. The van der Waals surface area contributed by atoms with Gasteiger partial charge in [-0.3, -0.25) is 4.48 Å². The van der Waals surface area contributed by atoms with Crippen LogP contribution in [0.4, 0.5) is 5.69 Å². The quantitative estimate of drug-likeness (QED) is 0.0588. The van der Waals surface area contributed by atoms with E-state index in [-0.39, 0.29) is 6.98 Å². The summed E-state index contributed by atoms with van der Waals surface area (Å²) in [6.45, 7) is 48.4. The molecule has 0 atom stereocenters. The fraction of sp³-hybridized carbons (Fsp3) is 0.281. The van der Waals surface area contributed by atoms with Crippen LogP contribution in [0.1, 0.15) is 263 Å². The van der Waals surface area contributed by atoms with Crippen molar-refractivity contribution in [3.63, 3.8) is 0 Å². The number of benzene rings is 15. The second-order valence-corrected chi connectivity index (χ2v) is 42.5. The second kappa shape index (κ2) is 43.9. The van der Waals surface area contributed by atoms with Crippen LogP contribution in [0.5, 0.6) is 0 Å². The molecule has 6 heterocycles. The van der Waals surface area contributed by atoms with Crippen LogP contribution in [0.3, 0.4) is 0 Å². The topological polar surface area (TPSA) is 47.3 Å². The SMILES string of the molecule is Cc1cccc2c1-c1n(C)cc[n+]1B(c1c(C(C)C)cc(-c3ccccc3)cc1C(C)C)N2C.Cc1ccccc1-c1n(-c2c(C(C)C)cccc2C(C)C)c2ccccc2[n+]1C.Cc1ccccc1-c1n(-c2ccccc2)c2ccccc2[n+]1C.[2H]C(C)(C)c1cc(C([2H])(C)C)c(-n2c(-c3ccccc3C)[n+](C)c3ccccc32)c(C([2H])(C)C)c1.[2H]C(C)(C)c1cccc(C([2H])(C)C)c1-n1c(-c2ccccc2C)[n+](C)c2ccccc21. The minimum Gasteiger partial charge on any atom is -0.372 e. The lowest BCUT2D eigenvalue weighted by molar-refractivity contribution is -0.634. The molecule has 5 aromatic heterocycles. The lowest BCUT2D eigenvalue weighted by Gasteiger charge is -2.34. The van der Waals surface area contributed by atoms with E-state index in [0.717, 1.165) is 89.6 Å². The van der Waals surface area contributed by atoms with Crippen molar-refractivity contribution < 1.29 is 29.6 Å². The predicted molar refractivity (Wildman–Crippen MR) is 622 cm³/mol. The molecule has 147 heavy (non-hydrogen) atoms. The highest BCUT2D eigenvalue weighted by Crippen LogP contribution is 2.45. The largest absolute Gasteiger partial charge is 0.537 e. The first-order valence-electron chi connectivity index (χ1n) is 55.0. The molecule has 15 aromatic carbocycles. The highest BCUT2D eigenvalue weighted by Gasteiger charge is 2.47. The molecule has 0 bridgehead atoms. The molecule has 21 rings (SSSR count). The number of imidazole rings is 5. The van der Waals surface area contributed by atoms with Crippen LogP contribution in [0, 0.1) is 34.6 Å². The Balaban J connectivity index is 0.000000130. The zero-order valence-corrected chi connectivity index (χ0v) is 92.2. The number of hydrogen-bond acceptors (Lipinski definition) is 1. The van der Waals surface area contributed by atoms with Gasteiger partial charge in [0.05, 0.1) is 63.1 Å². The number of aryl methyl sites for hydroxylation is 10. The molecule has 1 aliphatic rings. The Morgan fingerprint density at radius 3 is 0.918 bits per heavy atom. The zero-order valence-electron chi connectivity index (χ0n) is 97.2. The van der Waals surface area contributed by atoms with E-state index in [1.54, 1.807) is 0 Å². The molecule has 12 heteroatoms. The van der Waals surface area contributed by atoms with Gasteiger partial charge in [-0.1, -0.05) is 367 Å². The van der Waals surface area contributed by atoms with E-state index in [4.69, 9.17) is 6.85 Å². The lowest BCUT2D eigenvalue weighted by atomic mass is 9.57. The summed E-state index contributed by atoms with van der Waals surface area (Å²) < 4.78 is 68.1. The summed E-state index contributed by atoms with van der Waals surface area (Å²) in [6, 6.07) is 118. The van der Waals surface area contributed by atoms with E-state index < -0.39 is 29.5 Å². The van der Waals surface area contributed by atoms with Crippen molar-refractivity contribution in [3.05, 3.63) is 424 Å². The highest BCUT2D eigenvalue weighted by atomic mass is 15.2. The highest BCUT2D eigenvalue weighted by molar-refractivity contribution is 6.71. The number of fused-ring (bicyclic) bond motifs is 7. The predicted octanol–water partition coefficient (Wildman–Crippen LogP) is 31.5. The molecule has 0 spiro atoms. The number of nitrogens with zero attached hydrogens (tertiary/aromatic N) is 11. The molecule has 20 aromatic rings. The first kappa shape index (κ1) is 97.0. The maximum absolute atomic E-state index is 9.16. The Hall–Kier alpha value is -14.7. The Morgan fingerprint density at radius 1 is 0.265 bits per heavy atom. The van der Waals surface area contributed by atoms with Gasteiger partial charge in [0.25, 0.3) is 29.1 Å². The molecule has 1 aliphatic heterocycles. The summed E-state index contributed by atoms with van der Waals surface area (Å²) in [4.78, 5) is 2.48. The molecule has 0 saturated heterocycles. The third kappa shape index (κ3) is 19.9. The Labute approximate surface area is 883 Å². The van der Waals surface area contributed by atoms with Crippen LogP contribution in [0.15, 0.2) is 346 Å². The minimum atomic E-state index is -0.941. The van der Waals surface area contributed by atoms with Gasteiger partial charge in [0.15, 0.2) is 44.1 Å². The molecule has 11 nitrogen and oxygen atoms in total. The summed E-state index contributed by atoms with van der Waals surface area (Å²) in [5.41, 5.74) is 41.2. The lowest BCUT2D eigenvalue weighted by Crippen LogP contribution is -2.71. The Kier molecular flexibility index (Phi) is 29.0. The van der Waals surface area contributed by atoms with Gasteiger partial charge in [-0.25, -0.2) is 22.8 Å². The van der Waals surface area contributed by atoms with Crippen LogP contribution < -0.4 is 33.0 Å². The van der Waals surface area contributed by atoms with E-state index in [1.165, 1.54) is 134 Å². The van der Waals surface area contributed by atoms with Crippen molar-refractivity contribution in [3.8, 4) is 90.8 Å². The molecular formula is C135H153BN11+5. The van der Waals surface area contributed by atoms with E-state index in [2.05, 4.69) is 480 Å². The summed E-state index contributed by atoms with van der Waals surface area (Å²) in [6.07, 6.45) is 4.45. The molecule has 0 N–H and O–H groups in total. The molecule has 0 amide bonds. The van der Waals surface area contributed by atoms with Gasteiger partial charge in [0.2, 0.25) is 0 Å². The average Bonchev–Trinajstić information content (AvgIpc) is 1.43. The van der Waals surface area contributed by atoms with Gasteiger partial charge in [0, 0.05) is 51.4 Å². The maximum atomic E-state index is 9.16. The van der Waals surface area contributed by atoms with Crippen molar-refractivity contribution in [2.75, 3.05) is 11.9 Å². The summed E-state index contributed by atoms with van der Waals surface area (Å²) in [5, 5.41) is 0. The van der Waals surface area contributed by atoms with E-state index in [9.17, 15) is 0 Å². The van der Waals surface area contributed by atoms with Gasteiger partial charge in [-0.15, -0.1) is 0 Å². The number of aromatic nitrogens is 10. The number of anilines is 1. The number of para-hydroxylation sites is 11. The first-order valence-corrected chi connectivity index (χ1v) is 52.5. The van der Waals surface area contributed by atoms with E-state index in [0.29, 0.717) is 23.7 Å². The van der Waals surface area contributed by atoms with Gasteiger partial charge in [-0.2, -0.15) is 18.3 Å². The van der Waals surface area contributed by atoms with Crippen molar-refractivity contribution in [1.82, 2.24) is 22.8 Å². The van der Waals surface area contributed by atoms with Crippen LogP contribution in [-0.4, -0.2) is 36.9 Å². The average molecular weight is 1950 g/mol. The van der Waals surface area contributed by atoms with Gasteiger partial charge >= 0.3 is 6.98 Å². The third-order valence-electron chi connectivity index (χ3n) is 29.9. The molecule has 0 saturated carbocycles. The van der Waals surface area contributed by atoms with E-state index in [1.807, 2.05) is 118 Å². The number of hydrogen-bond donors (Lipinski definition) is 0. The van der Waals surface area contributed by atoms with Crippen molar-refractivity contribution >= 4 is 62.3 Å². The van der Waals surface area contributed by atoms with Crippen molar-refractivity contribution in [2.24, 2.45) is 35.2 Å². The molecule has 0 fully saturated rings. The van der Waals surface area contributed by atoms with Gasteiger partial charge in [-0.05, 0) is 241 Å². The number of rotatable bonds is 19. The monoisotopic (exact) mass is 1940 g/mol. The van der Waals surface area contributed by atoms with Crippen molar-refractivity contribution in [2.45, 2.75) is 212 Å². The van der Waals surface area contributed by atoms with Gasteiger partial charge < -0.3 is 4.81 Å². The summed E-state index contributed by atoms with van der Waals surface area (Å²) in [5.74, 6) is 3.13. The standard InChI is InChI=1S/C30H35BN3.C30H37N2.2C27H31N2.C21H19N2/c1-20(2)25-18-24(23-13-9-8-10-14-23)19-26(21(3)4)29(25)31-33(7)27-15-11-12-22(5)28(27)30-32(6)16-17-34(30)31;1-19(2)23-17-25(20(3)4)29(26(18-23)21(5)6)32-28-16-12-11-15-27(28)31(8)30(32)24-14-10-9-13-22(24)7;2*1-18(2)21-14-11-15-22(19(3)4)26(21)29-25-17-10-9-16-24(25)28(6)27(29)23-13-8-7-12-20(23)5;1-16-10-6-7-13-18(16)21-22(2)19-14-8-9-15-20(19)23(21)17-11-4-3-5-12-17/h8-21H,1-7H3;9-21H,1-8H3;2*7-19H,1-6H3;3-15H,1-2H3/q5*+1/i;19D,20D,21D;18D,19D;;. The molecule has 0 aliphatic carbocycles.